The van der Waals surface area contributed by atoms with Crippen molar-refractivity contribution in [3.63, 3.8) is 0 Å². The molecule has 2 aliphatic rings. The first-order valence-corrected chi connectivity index (χ1v) is 8.88. The van der Waals surface area contributed by atoms with E-state index in [1.165, 1.54) is 6.07 Å². The topological polar surface area (TPSA) is 32.3 Å². The van der Waals surface area contributed by atoms with Crippen LogP contribution in [0.15, 0.2) is 24.3 Å². The number of rotatable bonds is 5. The highest BCUT2D eigenvalue weighted by molar-refractivity contribution is 5.81. The highest BCUT2D eigenvalue weighted by Crippen LogP contribution is 2.33. The molecule has 3 nitrogen and oxygen atoms in total. The molecule has 0 spiro atoms. The third-order valence-electron chi connectivity index (χ3n) is 5.31. The average molecular weight is 318 g/mol. The number of benzene rings is 1. The summed E-state index contributed by atoms with van der Waals surface area (Å²) in [5, 5.41) is 3.66. The van der Waals surface area contributed by atoms with E-state index in [1.54, 1.807) is 12.1 Å². The van der Waals surface area contributed by atoms with Crippen molar-refractivity contribution in [2.24, 2.45) is 11.8 Å². The predicted molar refractivity (Wildman–Crippen MR) is 89.4 cm³/mol. The van der Waals surface area contributed by atoms with E-state index >= 15 is 0 Å². The lowest BCUT2D eigenvalue weighted by Gasteiger charge is -2.40. The third-order valence-corrected chi connectivity index (χ3v) is 5.31. The fraction of sp³-hybridized carbons (Fsp3) is 0.632. The summed E-state index contributed by atoms with van der Waals surface area (Å²) < 4.78 is 13.4. The quantitative estimate of drug-likeness (QED) is 0.901. The normalized spacial score (nSPS) is 26.1. The average Bonchev–Trinajstić information content (AvgIpc) is 3.39. The number of carbonyl (C=O) groups excluding carboxylic acids is 1. The van der Waals surface area contributed by atoms with Crippen molar-refractivity contribution in [1.29, 1.82) is 0 Å². The van der Waals surface area contributed by atoms with Crippen molar-refractivity contribution in [3.8, 4) is 0 Å². The SMILES string of the molecule is CC[C@@H]1CN(C(=O)C2CC2)CC[C@@H]1N[C@H](C)c1cccc(F)c1. The Kier molecular flexibility index (Phi) is 5.00. The highest BCUT2D eigenvalue weighted by Gasteiger charge is 2.37. The van der Waals surface area contributed by atoms with Crippen molar-refractivity contribution in [3.05, 3.63) is 35.6 Å². The van der Waals surface area contributed by atoms with Gasteiger partial charge in [0.1, 0.15) is 5.82 Å². The third kappa shape index (κ3) is 3.92. The molecule has 23 heavy (non-hydrogen) atoms. The second-order valence-corrected chi connectivity index (χ2v) is 7.07. The Bertz CT molecular complexity index is 558. The maximum atomic E-state index is 13.4. The molecule has 1 aliphatic carbocycles. The summed E-state index contributed by atoms with van der Waals surface area (Å²) >= 11 is 0. The van der Waals surface area contributed by atoms with Crippen molar-refractivity contribution in [2.75, 3.05) is 13.1 Å². The molecule has 1 amide bonds. The van der Waals surface area contributed by atoms with E-state index in [9.17, 15) is 9.18 Å². The van der Waals surface area contributed by atoms with Crippen molar-refractivity contribution < 1.29 is 9.18 Å². The van der Waals surface area contributed by atoms with E-state index in [0.717, 1.165) is 44.3 Å². The van der Waals surface area contributed by atoms with Gasteiger partial charge in [0, 0.05) is 31.1 Å². The maximum absolute atomic E-state index is 13.4. The summed E-state index contributed by atoms with van der Waals surface area (Å²) in [5.41, 5.74) is 0.983. The molecular formula is C19H27FN2O. The molecule has 3 rings (SSSR count). The van der Waals surface area contributed by atoms with Gasteiger partial charge in [-0.3, -0.25) is 4.79 Å². The van der Waals surface area contributed by atoms with E-state index in [4.69, 9.17) is 0 Å². The minimum absolute atomic E-state index is 0.121. The molecule has 2 fully saturated rings. The van der Waals surface area contributed by atoms with Gasteiger partial charge in [0.2, 0.25) is 5.91 Å². The fourth-order valence-electron chi connectivity index (χ4n) is 3.65. The number of likely N-dealkylation sites (tertiary alicyclic amines) is 1. The minimum Gasteiger partial charge on any atom is -0.342 e. The number of nitrogens with one attached hydrogen (secondary N) is 1. The van der Waals surface area contributed by atoms with Crippen molar-refractivity contribution >= 4 is 5.91 Å². The van der Waals surface area contributed by atoms with E-state index in [2.05, 4.69) is 24.1 Å². The van der Waals surface area contributed by atoms with Crippen LogP contribution in [0.5, 0.6) is 0 Å². The number of carbonyl (C=O) groups is 1. The monoisotopic (exact) mass is 318 g/mol. The molecule has 1 aromatic rings. The summed E-state index contributed by atoms with van der Waals surface area (Å²) in [6.45, 7) is 5.99. The minimum atomic E-state index is -0.187. The van der Waals surface area contributed by atoms with Gasteiger partial charge in [-0.05, 0) is 49.8 Å². The molecule has 1 aliphatic heterocycles. The Morgan fingerprint density at radius 1 is 1.39 bits per heavy atom. The molecule has 0 aromatic heterocycles. The van der Waals surface area contributed by atoms with Crippen LogP contribution in [-0.4, -0.2) is 29.9 Å². The molecule has 1 N–H and O–H groups in total. The number of hydrogen-bond acceptors (Lipinski definition) is 2. The Morgan fingerprint density at radius 2 is 2.17 bits per heavy atom. The second kappa shape index (κ2) is 7.00. The highest BCUT2D eigenvalue weighted by atomic mass is 19.1. The van der Waals surface area contributed by atoms with Gasteiger partial charge in [-0.15, -0.1) is 0 Å². The van der Waals surface area contributed by atoms with Crippen molar-refractivity contribution in [1.82, 2.24) is 10.2 Å². The first kappa shape index (κ1) is 16.4. The fourth-order valence-corrected chi connectivity index (χ4v) is 3.65. The van der Waals surface area contributed by atoms with Crippen LogP contribution in [0.1, 0.15) is 51.1 Å². The second-order valence-electron chi connectivity index (χ2n) is 7.07. The van der Waals surface area contributed by atoms with Crippen LogP contribution in [0.2, 0.25) is 0 Å². The lowest BCUT2D eigenvalue weighted by Crippen LogP contribution is -2.51. The van der Waals surface area contributed by atoms with E-state index in [1.807, 2.05) is 6.07 Å². The Labute approximate surface area is 138 Å². The molecule has 126 valence electrons. The summed E-state index contributed by atoms with van der Waals surface area (Å²) in [6, 6.07) is 7.32. The molecule has 1 saturated carbocycles. The van der Waals surface area contributed by atoms with Crippen LogP contribution in [0, 0.1) is 17.7 Å². The first-order valence-electron chi connectivity index (χ1n) is 8.88. The van der Waals surface area contributed by atoms with Crippen LogP contribution in [0.4, 0.5) is 4.39 Å². The molecule has 1 aromatic carbocycles. The summed E-state index contributed by atoms with van der Waals surface area (Å²) in [7, 11) is 0. The molecule has 4 heteroatoms. The number of nitrogens with zero attached hydrogens (tertiary/aromatic N) is 1. The standard InChI is InChI=1S/C19H27FN2O/c1-3-14-12-22(19(23)15-7-8-15)10-9-18(14)21-13(2)16-5-4-6-17(20)11-16/h4-6,11,13-15,18,21H,3,7-10,12H2,1-2H3/t13-,14-,18+/m1/s1. The first-order chi connectivity index (χ1) is 11.1. The van der Waals surface area contributed by atoms with Crippen molar-refractivity contribution in [2.45, 2.75) is 51.6 Å². The number of amides is 1. The smallest absolute Gasteiger partial charge is 0.225 e. The van der Waals surface area contributed by atoms with Crippen LogP contribution >= 0.6 is 0 Å². The summed E-state index contributed by atoms with van der Waals surface area (Å²) in [5.74, 6) is 0.957. The van der Waals surface area contributed by atoms with Gasteiger partial charge in [-0.1, -0.05) is 25.5 Å². The molecule has 0 radical (unpaired) electrons. The van der Waals surface area contributed by atoms with Gasteiger partial charge in [0.25, 0.3) is 0 Å². The van der Waals surface area contributed by atoms with Crippen LogP contribution in [0.3, 0.4) is 0 Å². The number of hydrogen-bond donors (Lipinski definition) is 1. The lowest BCUT2D eigenvalue weighted by molar-refractivity contribution is -0.134. The molecule has 1 saturated heterocycles. The zero-order valence-electron chi connectivity index (χ0n) is 14.1. The van der Waals surface area contributed by atoms with Crippen LogP contribution in [0.25, 0.3) is 0 Å². The van der Waals surface area contributed by atoms with Crippen LogP contribution < -0.4 is 5.32 Å². The Balaban J connectivity index is 1.60. The van der Waals surface area contributed by atoms with E-state index in [-0.39, 0.29) is 11.9 Å². The van der Waals surface area contributed by atoms with Gasteiger partial charge in [0.05, 0.1) is 0 Å². The van der Waals surface area contributed by atoms with Gasteiger partial charge in [-0.2, -0.15) is 0 Å². The number of halogens is 1. The summed E-state index contributed by atoms with van der Waals surface area (Å²) in [6.07, 6.45) is 4.19. The molecule has 0 unspecified atom stereocenters. The van der Waals surface area contributed by atoms with E-state index in [0.29, 0.717) is 23.8 Å². The lowest BCUT2D eigenvalue weighted by atomic mass is 9.88. The number of piperidine rings is 1. The van der Waals surface area contributed by atoms with Gasteiger partial charge >= 0.3 is 0 Å². The largest absolute Gasteiger partial charge is 0.342 e. The molecule has 1 heterocycles. The van der Waals surface area contributed by atoms with Gasteiger partial charge < -0.3 is 10.2 Å². The van der Waals surface area contributed by atoms with E-state index < -0.39 is 0 Å². The maximum Gasteiger partial charge on any atom is 0.225 e. The van der Waals surface area contributed by atoms with Gasteiger partial charge in [-0.25, -0.2) is 4.39 Å². The predicted octanol–water partition coefficient (Wildman–Crippen LogP) is 3.51. The molecule has 3 atom stereocenters. The molecular weight excluding hydrogens is 291 g/mol. The zero-order valence-corrected chi connectivity index (χ0v) is 14.1. The molecule has 0 bridgehead atoms. The Hall–Kier alpha value is -1.42. The summed E-state index contributed by atoms with van der Waals surface area (Å²) in [4.78, 5) is 14.3. The van der Waals surface area contributed by atoms with Crippen LogP contribution in [-0.2, 0) is 4.79 Å². The Morgan fingerprint density at radius 3 is 2.83 bits per heavy atom. The zero-order chi connectivity index (χ0) is 16.4. The van der Waals surface area contributed by atoms with Gasteiger partial charge in [0.15, 0.2) is 0 Å².